The van der Waals surface area contributed by atoms with E-state index in [4.69, 9.17) is 16.4 Å². The van der Waals surface area contributed by atoms with Gasteiger partial charge in [0.1, 0.15) is 4.90 Å². The van der Waals surface area contributed by atoms with E-state index < -0.39 is 43.7 Å². The van der Waals surface area contributed by atoms with Crippen LogP contribution in [0.4, 0.5) is 20.2 Å². The number of hydrogen-bond acceptors (Lipinski definition) is 6. The van der Waals surface area contributed by atoms with Crippen molar-refractivity contribution in [3.8, 4) is 0 Å². The number of nitrogens with one attached hydrogen (secondary N) is 2. The van der Waals surface area contributed by atoms with Crippen molar-refractivity contribution < 1.29 is 31.7 Å². The van der Waals surface area contributed by atoms with Crippen LogP contribution < -0.4 is 10.8 Å². The molecule has 2 aromatic carbocycles. The van der Waals surface area contributed by atoms with E-state index >= 15 is 4.39 Å². The molecule has 0 aromatic heterocycles. The van der Waals surface area contributed by atoms with Gasteiger partial charge in [0, 0.05) is 10.6 Å². The predicted octanol–water partition coefficient (Wildman–Crippen LogP) is 4.00. The lowest BCUT2D eigenvalue weighted by molar-refractivity contribution is -0.0260. The number of amides is 1. The molecule has 8 nitrogen and oxygen atoms in total. The van der Waals surface area contributed by atoms with Gasteiger partial charge in [0.2, 0.25) is 0 Å². The van der Waals surface area contributed by atoms with Gasteiger partial charge in [-0.05, 0) is 46.9 Å². The van der Waals surface area contributed by atoms with Gasteiger partial charge in [0.05, 0.1) is 35.7 Å². The number of hydroxylamine groups is 2. The summed E-state index contributed by atoms with van der Waals surface area (Å²) in [5.41, 5.74) is 0.969. The Kier molecular flexibility index (Phi) is 8.73. The van der Waals surface area contributed by atoms with Crippen molar-refractivity contribution in [3.63, 3.8) is 0 Å². The van der Waals surface area contributed by atoms with Crippen molar-refractivity contribution in [1.29, 1.82) is 0 Å². The Hall–Kier alpha value is -1.84. The summed E-state index contributed by atoms with van der Waals surface area (Å²) in [4.78, 5) is 20.9. The maximum atomic E-state index is 15.0. The number of carbonyl (C=O) groups excluding carboxylic acids is 1. The van der Waals surface area contributed by atoms with Crippen molar-refractivity contribution in [2.45, 2.75) is 4.90 Å². The van der Waals surface area contributed by atoms with Crippen LogP contribution in [0.3, 0.4) is 0 Å². The minimum atomic E-state index is -4.62. The minimum Gasteiger partial charge on any atom is -0.351 e. The van der Waals surface area contributed by atoms with E-state index in [1.54, 1.807) is 12.1 Å². The van der Waals surface area contributed by atoms with Crippen molar-refractivity contribution in [2.75, 3.05) is 26.1 Å². The summed E-state index contributed by atoms with van der Waals surface area (Å²) in [6, 6.07) is 5.35. The van der Waals surface area contributed by atoms with Gasteiger partial charge in [-0.25, -0.2) is 22.7 Å². The molecule has 0 unspecified atom stereocenters. The molecule has 0 radical (unpaired) electrons. The monoisotopic (exact) mass is 587 g/mol. The highest BCUT2D eigenvalue weighted by molar-refractivity contribution is 14.1. The van der Waals surface area contributed by atoms with Crippen molar-refractivity contribution in [2.24, 2.45) is 0 Å². The second kappa shape index (κ2) is 10.7. The van der Waals surface area contributed by atoms with Crippen LogP contribution in [0.15, 0.2) is 41.8 Å². The zero-order valence-corrected chi connectivity index (χ0v) is 19.9. The highest BCUT2D eigenvalue weighted by atomic mass is 127. The Morgan fingerprint density at radius 3 is 2.58 bits per heavy atom. The number of rotatable bonds is 9. The Labute approximate surface area is 196 Å². The summed E-state index contributed by atoms with van der Waals surface area (Å²) >= 11 is 8.14. The number of halogens is 4. The van der Waals surface area contributed by atoms with Gasteiger partial charge in [-0.15, -0.1) is 6.58 Å². The van der Waals surface area contributed by atoms with Crippen LogP contribution in [0.5, 0.6) is 0 Å². The van der Waals surface area contributed by atoms with Crippen LogP contribution in [0.25, 0.3) is 0 Å². The van der Waals surface area contributed by atoms with Gasteiger partial charge in [-0.3, -0.25) is 14.5 Å². The van der Waals surface area contributed by atoms with Gasteiger partial charge in [0.25, 0.3) is 15.9 Å². The number of anilines is 2. The molecule has 0 atom stereocenters. The number of benzene rings is 2. The fourth-order valence-corrected chi connectivity index (χ4v) is 4.23. The molecule has 13 heteroatoms. The lowest BCUT2D eigenvalue weighted by Gasteiger charge is -2.19. The molecule has 2 rings (SSSR count). The topological polar surface area (TPSA) is 97.0 Å². The Balaban J connectivity index is 2.68. The van der Waals surface area contributed by atoms with E-state index in [1.807, 2.05) is 28.1 Å². The third-order valence-corrected chi connectivity index (χ3v) is 6.51. The largest absolute Gasteiger partial charge is 0.351 e. The van der Waals surface area contributed by atoms with Crippen LogP contribution in [0.2, 0.25) is 5.02 Å². The van der Waals surface area contributed by atoms with Crippen molar-refractivity contribution in [1.82, 2.24) is 9.95 Å². The van der Waals surface area contributed by atoms with Gasteiger partial charge in [0.15, 0.2) is 11.6 Å². The SMILES string of the molecule is C=CCONC(=O)c1cc(S(=O)(=O)N(C)OC)c(F)c(F)c1Nc1ccc(I)cc1Cl. The molecule has 0 fully saturated rings. The molecule has 2 N–H and O–H groups in total. The molecule has 0 aliphatic carbocycles. The molecule has 0 spiro atoms. The zero-order valence-electron chi connectivity index (χ0n) is 16.2. The van der Waals surface area contributed by atoms with Crippen LogP contribution in [-0.4, -0.2) is 39.6 Å². The molecule has 0 aliphatic heterocycles. The average molecular weight is 588 g/mol. The molecule has 0 saturated heterocycles. The highest BCUT2D eigenvalue weighted by Crippen LogP contribution is 2.34. The van der Waals surface area contributed by atoms with Gasteiger partial charge >= 0.3 is 0 Å². The molecule has 31 heavy (non-hydrogen) atoms. The molecule has 0 heterocycles. The third-order valence-electron chi connectivity index (χ3n) is 3.85. The molecule has 0 saturated carbocycles. The molecule has 2 aromatic rings. The number of sulfonamides is 1. The van der Waals surface area contributed by atoms with E-state index in [9.17, 15) is 17.6 Å². The maximum absolute atomic E-state index is 15.0. The summed E-state index contributed by atoms with van der Waals surface area (Å²) < 4.78 is 55.9. The van der Waals surface area contributed by atoms with Gasteiger partial charge in [-0.2, -0.15) is 0 Å². The Bertz CT molecular complexity index is 1120. The maximum Gasteiger partial charge on any atom is 0.277 e. The van der Waals surface area contributed by atoms with Gasteiger partial charge in [-0.1, -0.05) is 22.1 Å². The first-order chi connectivity index (χ1) is 14.5. The van der Waals surface area contributed by atoms with Crippen molar-refractivity contribution >= 4 is 61.5 Å². The normalized spacial score (nSPS) is 11.5. The molecular formula is C18H17ClF2IN3O5S. The number of hydrogen-bond donors (Lipinski definition) is 2. The number of carbonyl (C=O) groups is 1. The third kappa shape index (κ3) is 5.70. The highest BCUT2D eigenvalue weighted by Gasteiger charge is 2.32. The molecular weight excluding hydrogens is 571 g/mol. The van der Waals surface area contributed by atoms with Crippen LogP contribution >= 0.6 is 34.2 Å². The van der Waals surface area contributed by atoms with Gasteiger partial charge < -0.3 is 5.32 Å². The summed E-state index contributed by atoms with van der Waals surface area (Å²) in [5.74, 6) is -4.37. The summed E-state index contributed by atoms with van der Waals surface area (Å²) in [6.45, 7) is 3.32. The Morgan fingerprint density at radius 1 is 1.32 bits per heavy atom. The Morgan fingerprint density at radius 2 is 2.00 bits per heavy atom. The standard InChI is InChI=1S/C18H17ClF2IN3O5S/c1-4-7-30-24-18(26)11-9-14(31(27,28)25(2)29-3)15(20)16(21)17(11)23-13-6-5-10(22)8-12(13)19/h4-6,8-9,23H,1,7H2,2-3H3,(H,24,26). The fraction of sp³-hybridized carbons (Fsp3) is 0.167. The summed E-state index contributed by atoms with van der Waals surface area (Å²) in [6.07, 6.45) is 1.33. The van der Waals surface area contributed by atoms with E-state index in [0.717, 1.165) is 17.7 Å². The first-order valence-corrected chi connectivity index (χ1v) is 11.2. The second-order valence-electron chi connectivity index (χ2n) is 5.80. The second-order valence-corrected chi connectivity index (χ2v) is 9.36. The average Bonchev–Trinajstić information content (AvgIpc) is 2.72. The first kappa shape index (κ1) is 25.4. The van der Waals surface area contributed by atoms with Crippen LogP contribution in [0.1, 0.15) is 10.4 Å². The quantitative estimate of drug-likeness (QED) is 0.199. The smallest absolute Gasteiger partial charge is 0.277 e. The van der Waals surface area contributed by atoms with Crippen LogP contribution in [0, 0.1) is 15.2 Å². The lowest BCUT2D eigenvalue weighted by Crippen LogP contribution is -2.29. The summed E-state index contributed by atoms with van der Waals surface area (Å²) in [5, 5.41) is 2.71. The molecule has 1 amide bonds. The summed E-state index contributed by atoms with van der Waals surface area (Å²) in [7, 11) is -2.61. The van der Waals surface area contributed by atoms with E-state index in [1.165, 1.54) is 12.1 Å². The van der Waals surface area contributed by atoms with E-state index in [-0.39, 0.29) is 17.3 Å². The minimum absolute atomic E-state index is 0.0846. The van der Waals surface area contributed by atoms with Crippen LogP contribution in [-0.2, 0) is 19.7 Å². The van der Waals surface area contributed by atoms with E-state index in [2.05, 4.69) is 16.7 Å². The lowest BCUT2D eigenvalue weighted by atomic mass is 10.1. The van der Waals surface area contributed by atoms with E-state index in [0.29, 0.717) is 10.5 Å². The molecule has 168 valence electrons. The number of nitrogens with zero attached hydrogens (tertiary/aromatic N) is 1. The first-order valence-electron chi connectivity index (χ1n) is 8.34. The molecule has 0 bridgehead atoms. The predicted molar refractivity (Wildman–Crippen MR) is 119 cm³/mol. The zero-order chi connectivity index (χ0) is 23.3. The molecule has 0 aliphatic rings. The fourth-order valence-electron chi connectivity index (χ4n) is 2.28. The van der Waals surface area contributed by atoms with Crippen molar-refractivity contribution in [3.05, 3.63) is 62.7 Å².